The molecular weight excluding hydrogens is 504 g/mol. The number of benzene rings is 2. The van der Waals surface area contributed by atoms with E-state index >= 15 is 0 Å². The number of amides is 1. The van der Waals surface area contributed by atoms with E-state index in [1.54, 1.807) is 11.9 Å². The molecule has 1 amide bonds. The molecule has 1 unspecified atom stereocenters. The summed E-state index contributed by atoms with van der Waals surface area (Å²) in [6, 6.07) is 14.0. The summed E-state index contributed by atoms with van der Waals surface area (Å²) in [5.41, 5.74) is 5.25. The van der Waals surface area contributed by atoms with Gasteiger partial charge in [-0.05, 0) is 74.2 Å². The maximum absolute atomic E-state index is 13.7. The molecular formula is C32H46N4O2S. The molecule has 212 valence electrons. The number of carbonyl (C=O) groups is 1. The molecule has 6 nitrogen and oxygen atoms in total. The molecule has 3 N–H and O–H groups in total. The fourth-order valence-corrected chi connectivity index (χ4v) is 6.35. The maximum atomic E-state index is 13.7. The first-order valence-corrected chi connectivity index (χ1v) is 15.5. The molecule has 3 atom stereocenters. The Morgan fingerprint density at radius 3 is 2.62 bits per heavy atom. The van der Waals surface area contributed by atoms with Gasteiger partial charge in [-0.2, -0.15) is 0 Å². The summed E-state index contributed by atoms with van der Waals surface area (Å²) in [6.45, 7) is 10.1. The highest BCUT2D eigenvalue weighted by Crippen LogP contribution is 2.38. The van der Waals surface area contributed by atoms with E-state index in [-0.39, 0.29) is 5.91 Å². The smallest absolute Gasteiger partial charge is 0.251 e. The predicted octanol–water partition coefficient (Wildman–Crippen LogP) is 5.81. The largest absolute Gasteiger partial charge is 0.390 e. The van der Waals surface area contributed by atoms with E-state index in [4.69, 9.17) is 0 Å². The summed E-state index contributed by atoms with van der Waals surface area (Å²) in [4.78, 5) is 13.7. The van der Waals surface area contributed by atoms with Gasteiger partial charge in [-0.3, -0.25) is 4.79 Å². The van der Waals surface area contributed by atoms with Crippen molar-refractivity contribution in [3.05, 3.63) is 65.4 Å². The number of aryl methyl sites for hydroxylation is 2. The van der Waals surface area contributed by atoms with Crippen molar-refractivity contribution in [3.8, 4) is 0 Å². The first-order valence-electron chi connectivity index (χ1n) is 14.5. The van der Waals surface area contributed by atoms with Gasteiger partial charge in [0.05, 0.1) is 23.3 Å². The third-order valence-electron chi connectivity index (χ3n) is 7.81. The van der Waals surface area contributed by atoms with Gasteiger partial charge in [0.2, 0.25) is 0 Å². The van der Waals surface area contributed by atoms with Gasteiger partial charge in [-0.1, -0.05) is 57.0 Å². The Labute approximate surface area is 238 Å². The number of aliphatic hydroxyl groups is 1. The van der Waals surface area contributed by atoms with Crippen LogP contribution in [0.4, 0.5) is 5.69 Å². The second-order valence-electron chi connectivity index (χ2n) is 11.4. The summed E-state index contributed by atoms with van der Waals surface area (Å²) in [5, 5.41) is 19.2. The van der Waals surface area contributed by atoms with Gasteiger partial charge in [0, 0.05) is 49.1 Å². The summed E-state index contributed by atoms with van der Waals surface area (Å²) < 4.78 is 4.44. The number of carbonyl (C=O) groups excluding carboxylic acids is 1. The molecule has 0 radical (unpaired) electrons. The van der Waals surface area contributed by atoms with Crippen LogP contribution < -0.4 is 14.9 Å². The molecule has 1 aromatic heterocycles. The van der Waals surface area contributed by atoms with E-state index in [1.807, 2.05) is 30.3 Å². The highest BCUT2D eigenvalue weighted by Gasteiger charge is 2.26. The molecule has 4 rings (SSSR count). The molecule has 0 aliphatic carbocycles. The third-order valence-corrected chi connectivity index (χ3v) is 8.78. The Kier molecular flexibility index (Phi) is 10.4. The van der Waals surface area contributed by atoms with Gasteiger partial charge < -0.3 is 24.6 Å². The van der Waals surface area contributed by atoms with Crippen molar-refractivity contribution >= 4 is 34.4 Å². The molecule has 7 heteroatoms. The molecule has 39 heavy (non-hydrogen) atoms. The van der Waals surface area contributed by atoms with Crippen molar-refractivity contribution < 1.29 is 9.90 Å². The zero-order valence-electron chi connectivity index (χ0n) is 24.2. The second-order valence-corrected chi connectivity index (χ2v) is 12.6. The van der Waals surface area contributed by atoms with Gasteiger partial charge in [-0.25, -0.2) is 0 Å². The molecule has 0 spiro atoms. The number of hydrogen-bond donors (Lipinski definition) is 3. The molecule has 0 saturated carbocycles. The van der Waals surface area contributed by atoms with E-state index in [0.717, 1.165) is 41.9 Å². The molecule has 2 aromatic carbocycles. The zero-order chi connectivity index (χ0) is 27.9. The zero-order valence-corrected chi connectivity index (χ0v) is 25.1. The third kappa shape index (κ3) is 7.59. The first kappa shape index (κ1) is 29.5. The van der Waals surface area contributed by atoms with Crippen LogP contribution in [-0.4, -0.2) is 53.1 Å². The van der Waals surface area contributed by atoms with Crippen molar-refractivity contribution in [1.82, 2.24) is 15.2 Å². The van der Waals surface area contributed by atoms with Crippen LogP contribution >= 0.6 is 11.9 Å². The lowest BCUT2D eigenvalue weighted by atomic mass is 9.99. The van der Waals surface area contributed by atoms with E-state index in [1.165, 1.54) is 23.8 Å². The maximum Gasteiger partial charge on any atom is 0.251 e. The minimum absolute atomic E-state index is 0.147. The molecule has 0 saturated heterocycles. The van der Waals surface area contributed by atoms with Crippen LogP contribution in [0.5, 0.6) is 0 Å². The quantitative estimate of drug-likeness (QED) is 0.235. The highest BCUT2D eigenvalue weighted by molar-refractivity contribution is 8.00. The van der Waals surface area contributed by atoms with Gasteiger partial charge in [0.25, 0.3) is 5.91 Å². The van der Waals surface area contributed by atoms with E-state index < -0.39 is 12.1 Å². The second kappa shape index (κ2) is 13.7. The number of aliphatic hydroxyl groups excluding tert-OH is 1. The van der Waals surface area contributed by atoms with Crippen LogP contribution in [0.3, 0.4) is 0 Å². The molecule has 1 aliphatic rings. The van der Waals surface area contributed by atoms with Crippen LogP contribution in [0.25, 0.3) is 10.9 Å². The van der Waals surface area contributed by atoms with Gasteiger partial charge in [-0.15, -0.1) is 0 Å². The number of rotatable bonds is 13. The Bertz CT molecular complexity index is 1230. The monoisotopic (exact) mass is 550 g/mol. The highest BCUT2D eigenvalue weighted by atomic mass is 32.2. The topological polar surface area (TPSA) is 69.5 Å². The molecule has 2 heterocycles. The Balaban J connectivity index is 1.53. The summed E-state index contributed by atoms with van der Waals surface area (Å²) >= 11 is 1.79. The summed E-state index contributed by atoms with van der Waals surface area (Å²) in [7, 11) is 2.08. The molecule has 3 aromatic rings. The van der Waals surface area contributed by atoms with E-state index in [0.29, 0.717) is 30.5 Å². The average Bonchev–Trinajstić information content (AvgIpc) is 3.20. The minimum Gasteiger partial charge on any atom is -0.390 e. The summed E-state index contributed by atoms with van der Waals surface area (Å²) in [5.74, 6) is 1.58. The Hall–Kier alpha value is -2.48. The van der Waals surface area contributed by atoms with Crippen molar-refractivity contribution in [2.24, 2.45) is 5.92 Å². The Morgan fingerprint density at radius 1 is 1.13 bits per heavy atom. The van der Waals surface area contributed by atoms with E-state index in [9.17, 15) is 9.90 Å². The molecule has 1 aliphatic heterocycles. The summed E-state index contributed by atoms with van der Waals surface area (Å²) in [6.07, 6.45) is 6.58. The van der Waals surface area contributed by atoms with Gasteiger partial charge in [0.15, 0.2) is 0 Å². The number of anilines is 1. The molecule has 0 bridgehead atoms. The van der Waals surface area contributed by atoms with Crippen molar-refractivity contribution in [3.63, 3.8) is 0 Å². The van der Waals surface area contributed by atoms with E-state index in [2.05, 4.69) is 72.6 Å². The van der Waals surface area contributed by atoms with Crippen LogP contribution in [0.1, 0.15) is 68.4 Å². The van der Waals surface area contributed by atoms with Crippen LogP contribution in [0.15, 0.2) is 48.7 Å². The number of nitrogens with one attached hydrogen (secondary N) is 2. The fraction of sp³-hybridized carbons (Fsp3) is 0.531. The SMILES string of the molecule is CCn1cc2c3c(cc(C(=O)N[C@@H](Cc4ccccc4)[C@H](O)CNC(C)CCCC(C)C)cc31)N(C)SCC2. The lowest BCUT2D eigenvalue weighted by molar-refractivity contribution is 0.0825. The van der Waals surface area contributed by atoms with Crippen LogP contribution in [0.2, 0.25) is 0 Å². The number of hydrogen-bond acceptors (Lipinski definition) is 5. The van der Waals surface area contributed by atoms with Gasteiger partial charge >= 0.3 is 0 Å². The van der Waals surface area contributed by atoms with Crippen molar-refractivity contribution in [2.75, 3.05) is 23.7 Å². The number of aromatic nitrogens is 1. The minimum atomic E-state index is -0.712. The van der Waals surface area contributed by atoms with Crippen molar-refractivity contribution in [2.45, 2.75) is 84.5 Å². The number of nitrogens with zero attached hydrogens (tertiary/aromatic N) is 2. The standard InChI is InChI=1S/C32H46N4O2S/c1-6-36-21-25-15-16-39-35(5)28-18-26(19-29(36)31(25)28)32(38)34-27(17-24-13-8-7-9-14-24)30(37)20-33-23(4)12-10-11-22(2)3/h7-9,13-14,18-19,21-23,27,30,33,37H,6,10-12,15-17,20H2,1-5H3,(H,34,38)/t23?,27-,30+/m0/s1. The Morgan fingerprint density at radius 2 is 1.90 bits per heavy atom. The lowest BCUT2D eigenvalue weighted by Gasteiger charge is -2.27. The lowest BCUT2D eigenvalue weighted by Crippen LogP contribution is -2.49. The predicted molar refractivity (Wildman–Crippen MR) is 166 cm³/mol. The normalized spacial score (nSPS) is 15.8. The molecule has 0 fully saturated rings. The van der Waals surface area contributed by atoms with Crippen molar-refractivity contribution in [1.29, 1.82) is 0 Å². The van der Waals surface area contributed by atoms with Crippen LogP contribution in [-0.2, 0) is 19.4 Å². The first-order chi connectivity index (χ1) is 18.8. The van der Waals surface area contributed by atoms with Crippen LogP contribution in [0, 0.1) is 5.92 Å². The van der Waals surface area contributed by atoms with Gasteiger partial charge in [0.1, 0.15) is 0 Å². The average molecular weight is 551 g/mol. The fourth-order valence-electron chi connectivity index (χ4n) is 5.48.